The Morgan fingerprint density at radius 3 is 2.89 bits per heavy atom. The molecule has 4 rings (SSSR count). The number of carbonyl (C=O) groups is 1. The maximum atomic E-state index is 13.1. The van der Waals surface area contributed by atoms with E-state index in [1.165, 1.54) is 4.40 Å². The number of hydrogen-bond donors (Lipinski definition) is 0. The molecule has 27 heavy (non-hydrogen) atoms. The Hall–Kier alpha value is -2.31. The predicted molar refractivity (Wildman–Crippen MR) is 108 cm³/mol. The minimum Gasteiger partial charge on any atom is -0.334 e. The molecule has 0 atom stereocenters. The molecule has 1 aromatic carbocycles. The number of rotatable bonds is 3. The highest BCUT2D eigenvalue weighted by Gasteiger charge is 2.26. The smallest absolute Gasteiger partial charge is 0.263 e. The second-order valence-corrected chi connectivity index (χ2v) is 8.07. The summed E-state index contributed by atoms with van der Waals surface area (Å²) in [7, 11) is 0. The summed E-state index contributed by atoms with van der Waals surface area (Å²) < 4.78 is 1.45. The van der Waals surface area contributed by atoms with Gasteiger partial charge in [0.05, 0.1) is 28.4 Å². The van der Waals surface area contributed by atoms with Gasteiger partial charge in [0.2, 0.25) is 0 Å². The molecule has 0 fully saturated rings. The Balaban J connectivity index is 1.71. The molecule has 0 saturated carbocycles. The molecule has 1 amide bonds. The van der Waals surface area contributed by atoms with Crippen molar-refractivity contribution in [3.05, 3.63) is 74.8 Å². The van der Waals surface area contributed by atoms with Crippen molar-refractivity contribution in [1.82, 2.24) is 14.3 Å². The molecule has 7 heteroatoms. The summed E-state index contributed by atoms with van der Waals surface area (Å²) in [6.07, 6.45) is 2.14. The van der Waals surface area contributed by atoms with Gasteiger partial charge in [0.25, 0.3) is 11.5 Å². The monoisotopic (exact) mass is 399 g/mol. The number of aromatic nitrogens is 2. The van der Waals surface area contributed by atoms with Gasteiger partial charge in [0.1, 0.15) is 5.65 Å². The average molecular weight is 400 g/mol. The van der Waals surface area contributed by atoms with E-state index in [4.69, 9.17) is 11.6 Å². The van der Waals surface area contributed by atoms with Crippen molar-refractivity contribution in [3.63, 3.8) is 0 Å². The molecule has 0 N–H and O–H groups in total. The molecule has 0 saturated heterocycles. The third-order valence-corrected chi connectivity index (χ3v) is 5.82. The second kappa shape index (κ2) is 7.37. The number of amides is 1. The van der Waals surface area contributed by atoms with Crippen LogP contribution in [0.1, 0.15) is 28.5 Å². The van der Waals surface area contributed by atoms with Crippen LogP contribution in [0.25, 0.3) is 5.65 Å². The minimum absolute atomic E-state index is 0.0483. The summed E-state index contributed by atoms with van der Waals surface area (Å²) in [5, 5.41) is 0.473. The molecular weight excluding hydrogens is 382 g/mol. The fraction of sp³-hybridized carbons (Fsp3) is 0.250. The van der Waals surface area contributed by atoms with E-state index in [1.807, 2.05) is 24.3 Å². The third-order valence-electron chi connectivity index (χ3n) is 4.64. The largest absolute Gasteiger partial charge is 0.334 e. The van der Waals surface area contributed by atoms with Crippen LogP contribution in [0, 0.1) is 0 Å². The maximum absolute atomic E-state index is 13.1. The molecule has 0 bridgehead atoms. The molecule has 0 unspecified atom stereocenters. The van der Waals surface area contributed by atoms with E-state index < -0.39 is 0 Å². The van der Waals surface area contributed by atoms with Crippen LogP contribution in [0.4, 0.5) is 0 Å². The van der Waals surface area contributed by atoms with Gasteiger partial charge in [0.15, 0.2) is 0 Å². The fourth-order valence-electron chi connectivity index (χ4n) is 3.34. The van der Waals surface area contributed by atoms with Crippen molar-refractivity contribution in [2.45, 2.75) is 24.8 Å². The average Bonchev–Trinajstić information content (AvgIpc) is 2.69. The molecule has 0 spiro atoms. The zero-order valence-electron chi connectivity index (χ0n) is 14.8. The molecule has 3 heterocycles. The van der Waals surface area contributed by atoms with Crippen molar-refractivity contribution in [2.75, 3.05) is 12.3 Å². The van der Waals surface area contributed by atoms with Crippen LogP contribution in [-0.4, -0.2) is 32.5 Å². The van der Waals surface area contributed by atoms with Crippen LogP contribution in [0.3, 0.4) is 0 Å². The molecule has 0 radical (unpaired) electrons. The SMILES string of the molecule is CCSc1ccccc1C(=O)N1CCc2nc3ccc(Cl)cn3c(=O)c2C1. The Bertz CT molecular complexity index is 1100. The molecule has 2 aromatic heterocycles. The molecular formula is C20H18ClN3O2S. The number of thioether (sulfide) groups is 1. The Morgan fingerprint density at radius 1 is 1.26 bits per heavy atom. The first-order valence-electron chi connectivity index (χ1n) is 8.79. The zero-order valence-corrected chi connectivity index (χ0v) is 16.4. The van der Waals surface area contributed by atoms with Crippen molar-refractivity contribution < 1.29 is 4.79 Å². The van der Waals surface area contributed by atoms with Crippen LogP contribution in [0.2, 0.25) is 5.02 Å². The van der Waals surface area contributed by atoms with Gasteiger partial charge in [-0.05, 0) is 30.0 Å². The maximum Gasteiger partial charge on any atom is 0.263 e. The fourth-order valence-corrected chi connectivity index (χ4v) is 4.30. The van der Waals surface area contributed by atoms with Gasteiger partial charge in [-0.15, -0.1) is 11.8 Å². The van der Waals surface area contributed by atoms with Gasteiger partial charge < -0.3 is 4.90 Å². The Morgan fingerprint density at radius 2 is 2.07 bits per heavy atom. The normalized spacial score (nSPS) is 13.6. The Kier molecular flexibility index (Phi) is 4.93. The second-order valence-electron chi connectivity index (χ2n) is 6.32. The summed E-state index contributed by atoms with van der Waals surface area (Å²) in [6, 6.07) is 11.1. The molecule has 0 aliphatic carbocycles. The Labute approximate surface area is 166 Å². The first kappa shape index (κ1) is 18.1. The van der Waals surface area contributed by atoms with E-state index >= 15 is 0 Å². The summed E-state index contributed by atoms with van der Waals surface area (Å²) in [6.45, 7) is 2.87. The van der Waals surface area contributed by atoms with E-state index in [0.29, 0.717) is 34.8 Å². The quantitative estimate of drug-likeness (QED) is 0.631. The van der Waals surface area contributed by atoms with Gasteiger partial charge in [-0.3, -0.25) is 14.0 Å². The number of hydrogen-bond acceptors (Lipinski definition) is 4. The molecule has 1 aliphatic heterocycles. The van der Waals surface area contributed by atoms with Crippen LogP contribution in [-0.2, 0) is 13.0 Å². The van der Waals surface area contributed by atoms with E-state index in [2.05, 4.69) is 11.9 Å². The summed E-state index contributed by atoms with van der Waals surface area (Å²) in [5.74, 6) is 0.846. The standard InChI is InChI=1S/C20H18ClN3O2S/c1-2-27-17-6-4-3-5-14(17)19(25)23-10-9-16-15(12-23)20(26)24-11-13(21)7-8-18(24)22-16/h3-8,11H,2,9-10,12H2,1H3. The number of fused-ring (bicyclic) bond motifs is 2. The summed E-state index contributed by atoms with van der Waals surface area (Å²) >= 11 is 7.67. The number of carbonyl (C=O) groups excluding carboxylic acids is 1. The third kappa shape index (κ3) is 3.35. The van der Waals surface area contributed by atoms with E-state index in [1.54, 1.807) is 35.0 Å². The number of nitrogens with zero attached hydrogens (tertiary/aromatic N) is 3. The van der Waals surface area contributed by atoms with Crippen molar-refractivity contribution >= 4 is 34.9 Å². The van der Waals surface area contributed by atoms with Crippen LogP contribution >= 0.6 is 23.4 Å². The van der Waals surface area contributed by atoms with Gasteiger partial charge in [0, 0.05) is 24.1 Å². The lowest BCUT2D eigenvalue weighted by atomic mass is 10.1. The van der Waals surface area contributed by atoms with Crippen molar-refractivity contribution in [3.8, 4) is 0 Å². The van der Waals surface area contributed by atoms with Gasteiger partial charge in [-0.1, -0.05) is 30.7 Å². The lowest BCUT2D eigenvalue weighted by Crippen LogP contribution is -2.40. The lowest BCUT2D eigenvalue weighted by Gasteiger charge is -2.28. The topological polar surface area (TPSA) is 54.7 Å². The zero-order chi connectivity index (χ0) is 19.0. The highest BCUT2D eigenvalue weighted by Crippen LogP contribution is 2.25. The van der Waals surface area contributed by atoms with Gasteiger partial charge in [-0.2, -0.15) is 0 Å². The molecule has 5 nitrogen and oxygen atoms in total. The predicted octanol–water partition coefficient (Wildman–Crippen LogP) is 3.66. The van der Waals surface area contributed by atoms with Gasteiger partial charge in [-0.25, -0.2) is 4.98 Å². The number of benzene rings is 1. The van der Waals surface area contributed by atoms with E-state index in [9.17, 15) is 9.59 Å². The molecule has 138 valence electrons. The number of halogens is 1. The molecule has 1 aliphatic rings. The minimum atomic E-state index is -0.161. The molecule has 3 aromatic rings. The first-order chi connectivity index (χ1) is 13.1. The van der Waals surface area contributed by atoms with Crippen LogP contribution in [0.15, 0.2) is 52.3 Å². The number of pyridine rings is 1. The highest BCUT2D eigenvalue weighted by molar-refractivity contribution is 7.99. The van der Waals surface area contributed by atoms with Crippen LogP contribution < -0.4 is 5.56 Å². The van der Waals surface area contributed by atoms with Crippen LogP contribution in [0.5, 0.6) is 0 Å². The van der Waals surface area contributed by atoms with Crippen molar-refractivity contribution in [1.29, 1.82) is 0 Å². The summed E-state index contributed by atoms with van der Waals surface area (Å²) in [4.78, 5) is 33.3. The lowest BCUT2D eigenvalue weighted by molar-refractivity contribution is 0.0729. The first-order valence-corrected chi connectivity index (χ1v) is 10.2. The summed E-state index contributed by atoms with van der Waals surface area (Å²) in [5.41, 5.74) is 2.43. The van der Waals surface area contributed by atoms with E-state index in [0.717, 1.165) is 16.3 Å². The van der Waals surface area contributed by atoms with Gasteiger partial charge >= 0.3 is 0 Å². The van der Waals surface area contributed by atoms with Crippen molar-refractivity contribution in [2.24, 2.45) is 0 Å². The van der Waals surface area contributed by atoms with E-state index in [-0.39, 0.29) is 18.0 Å². The highest BCUT2D eigenvalue weighted by atomic mass is 35.5.